The summed E-state index contributed by atoms with van der Waals surface area (Å²) in [6, 6.07) is 0. The van der Waals surface area contributed by atoms with E-state index in [-0.39, 0.29) is 0 Å². The van der Waals surface area contributed by atoms with E-state index in [0.29, 0.717) is 17.5 Å². The largest absolute Gasteiger partial charge is 0.325 e. The molecule has 0 saturated heterocycles. The Labute approximate surface area is 184 Å². The van der Waals surface area contributed by atoms with Crippen molar-refractivity contribution in [1.29, 1.82) is 0 Å². The van der Waals surface area contributed by atoms with Crippen LogP contribution in [0.25, 0.3) is 22.9 Å². The van der Waals surface area contributed by atoms with Crippen molar-refractivity contribution in [2.45, 2.75) is 40.2 Å². The van der Waals surface area contributed by atoms with Crippen LogP contribution in [0.3, 0.4) is 0 Å². The second kappa shape index (κ2) is 15.7. The SMILES string of the molecule is C/C=C/n1c(/C(=C/C)CCC)nc2c(CN)ncnc21.C=CC(=C)Cl.C=CCCl. The minimum Gasteiger partial charge on any atom is -0.325 e. The van der Waals surface area contributed by atoms with Gasteiger partial charge in [0.1, 0.15) is 17.7 Å². The van der Waals surface area contributed by atoms with Crippen molar-refractivity contribution < 1.29 is 0 Å². The highest BCUT2D eigenvalue weighted by Crippen LogP contribution is 2.25. The predicted molar refractivity (Wildman–Crippen MR) is 129 cm³/mol. The van der Waals surface area contributed by atoms with E-state index in [1.165, 1.54) is 11.6 Å². The molecule has 0 aromatic carbocycles. The van der Waals surface area contributed by atoms with Crippen LogP contribution >= 0.6 is 23.2 Å². The maximum Gasteiger partial charge on any atom is 0.168 e. The number of rotatable bonds is 7. The number of imidazole rings is 1. The molecule has 0 aliphatic rings. The summed E-state index contributed by atoms with van der Waals surface area (Å²) in [5.74, 6) is 1.48. The molecule has 0 spiro atoms. The molecule has 2 rings (SSSR count). The van der Waals surface area contributed by atoms with Gasteiger partial charge in [-0.2, -0.15) is 0 Å². The molecule has 2 heterocycles. The van der Waals surface area contributed by atoms with E-state index in [0.717, 1.165) is 35.5 Å². The number of hydrogen-bond acceptors (Lipinski definition) is 4. The van der Waals surface area contributed by atoms with Crippen molar-refractivity contribution in [3.8, 4) is 0 Å². The molecule has 0 aliphatic carbocycles. The molecule has 29 heavy (non-hydrogen) atoms. The number of halogens is 2. The fraction of sp³-hybridized carbons (Fsp3) is 0.318. The minimum atomic E-state index is 0.365. The Balaban J connectivity index is 0.000000734. The Bertz CT molecular complexity index is 850. The average molecular weight is 436 g/mol. The summed E-state index contributed by atoms with van der Waals surface area (Å²) in [4.78, 5) is 13.3. The van der Waals surface area contributed by atoms with E-state index in [9.17, 15) is 0 Å². The van der Waals surface area contributed by atoms with Gasteiger partial charge in [-0.25, -0.2) is 15.0 Å². The summed E-state index contributed by atoms with van der Waals surface area (Å²) >= 11 is 10.2. The van der Waals surface area contributed by atoms with Gasteiger partial charge in [0.2, 0.25) is 0 Å². The van der Waals surface area contributed by atoms with Crippen molar-refractivity contribution in [1.82, 2.24) is 19.5 Å². The zero-order valence-electron chi connectivity index (χ0n) is 17.5. The van der Waals surface area contributed by atoms with Gasteiger partial charge in [-0.3, -0.25) is 4.57 Å². The van der Waals surface area contributed by atoms with E-state index < -0.39 is 0 Å². The first kappa shape index (κ1) is 26.8. The highest BCUT2D eigenvalue weighted by molar-refractivity contribution is 6.30. The summed E-state index contributed by atoms with van der Waals surface area (Å²) in [5.41, 5.74) is 9.34. The molecule has 2 aromatic rings. The molecule has 0 bridgehead atoms. The molecule has 0 radical (unpaired) electrons. The van der Waals surface area contributed by atoms with E-state index in [4.69, 9.17) is 33.9 Å². The van der Waals surface area contributed by atoms with Crippen molar-refractivity contribution >= 4 is 46.1 Å². The second-order valence-corrected chi connectivity index (χ2v) is 6.44. The van der Waals surface area contributed by atoms with E-state index >= 15 is 0 Å². The van der Waals surface area contributed by atoms with Gasteiger partial charge in [-0.15, -0.1) is 18.2 Å². The van der Waals surface area contributed by atoms with Crippen LogP contribution in [0.5, 0.6) is 0 Å². The molecule has 0 aliphatic heterocycles. The van der Waals surface area contributed by atoms with Crippen LogP contribution in [-0.2, 0) is 6.54 Å². The number of nitrogens with two attached hydrogens (primary N) is 1. The van der Waals surface area contributed by atoms with Crippen LogP contribution in [0.2, 0.25) is 0 Å². The van der Waals surface area contributed by atoms with Crippen molar-refractivity contribution in [3.05, 3.63) is 66.9 Å². The molecular formula is C22H31Cl2N5. The summed E-state index contributed by atoms with van der Waals surface area (Å²) in [6.45, 7) is 16.5. The maximum atomic E-state index is 5.74. The first-order valence-electron chi connectivity index (χ1n) is 9.29. The van der Waals surface area contributed by atoms with E-state index in [2.05, 4.69) is 42.7 Å². The average Bonchev–Trinajstić information content (AvgIpc) is 3.11. The molecule has 158 valence electrons. The Morgan fingerprint density at radius 1 is 1.28 bits per heavy atom. The Morgan fingerprint density at radius 3 is 2.31 bits per heavy atom. The molecule has 2 aromatic heterocycles. The van der Waals surface area contributed by atoms with Crippen LogP contribution in [0.15, 0.2) is 55.4 Å². The highest BCUT2D eigenvalue weighted by atomic mass is 35.5. The van der Waals surface area contributed by atoms with Crippen LogP contribution in [0.4, 0.5) is 0 Å². The molecule has 0 saturated carbocycles. The van der Waals surface area contributed by atoms with Gasteiger partial charge < -0.3 is 5.73 Å². The zero-order chi connectivity index (χ0) is 22.2. The Morgan fingerprint density at radius 2 is 1.90 bits per heavy atom. The number of fused-ring (bicyclic) bond motifs is 1. The molecule has 0 unspecified atom stereocenters. The lowest BCUT2D eigenvalue weighted by molar-refractivity contribution is 0.945. The van der Waals surface area contributed by atoms with Gasteiger partial charge in [0.05, 0.1) is 5.69 Å². The number of aromatic nitrogens is 4. The Kier molecular flexibility index (Phi) is 14.5. The molecule has 7 heteroatoms. The highest BCUT2D eigenvalue weighted by Gasteiger charge is 2.16. The van der Waals surface area contributed by atoms with Gasteiger partial charge in [-0.1, -0.05) is 62.4 Å². The standard InChI is InChI=1S/C15H21N5.C4H5Cl.C3H5Cl/c1-4-7-11(6-3)14-19-13-12(9-16)17-10-18-15(13)20(14)8-5-2;1-3-4(2)5;1-2-3-4/h5-6,8,10H,4,7,9,16H2,1-3H3;3H,1-2H2;2H,1,3H2/b8-5+,11-6+;;. The van der Waals surface area contributed by atoms with Crippen LogP contribution in [0.1, 0.15) is 45.1 Å². The third kappa shape index (κ3) is 8.77. The van der Waals surface area contributed by atoms with Gasteiger partial charge in [0.15, 0.2) is 5.65 Å². The van der Waals surface area contributed by atoms with Gasteiger partial charge in [-0.05, 0) is 25.8 Å². The third-order valence-electron chi connectivity index (χ3n) is 3.53. The predicted octanol–water partition coefficient (Wildman–Crippen LogP) is 6.32. The summed E-state index contributed by atoms with van der Waals surface area (Å²) in [7, 11) is 0. The van der Waals surface area contributed by atoms with Crippen LogP contribution in [0, 0.1) is 0 Å². The Hall–Kier alpha value is -2.21. The third-order valence-corrected chi connectivity index (χ3v) is 3.90. The first-order valence-corrected chi connectivity index (χ1v) is 10.2. The second-order valence-electron chi connectivity index (χ2n) is 5.64. The topological polar surface area (TPSA) is 69.6 Å². The van der Waals surface area contributed by atoms with Crippen LogP contribution in [-0.4, -0.2) is 25.4 Å². The minimum absolute atomic E-state index is 0.365. The molecule has 0 atom stereocenters. The van der Waals surface area contributed by atoms with Gasteiger partial charge in [0.25, 0.3) is 0 Å². The van der Waals surface area contributed by atoms with Gasteiger partial charge in [0, 0.05) is 23.7 Å². The zero-order valence-corrected chi connectivity index (χ0v) is 19.0. The summed E-state index contributed by atoms with van der Waals surface area (Å²) in [5, 5.41) is 0.491. The molecular weight excluding hydrogens is 405 g/mol. The van der Waals surface area contributed by atoms with Crippen LogP contribution < -0.4 is 5.73 Å². The summed E-state index contributed by atoms with van der Waals surface area (Å²) < 4.78 is 2.02. The quantitative estimate of drug-likeness (QED) is 0.313. The molecule has 0 amide bonds. The fourth-order valence-corrected chi connectivity index (χ4v) is 2.28. The lowest BCUT2D eigenvalue weighted by Crippen LogP contribution is -2.01. The lowest BCUT2D eigenvalue weighted by Gasteiger charge is -2.06. The fourth-order valence-electron chi connectivity index (χ4n) is 2.28. The maximum absolute atomic E-state index is 5.74. The number of hydrogen-bond donors (Lipinski definition) is 1. The smallest absolute Gasteiger partial charge is 0.168 e. The van der Waals surface area contributed by atoms with Crippen molar-refractivity contribution in [2.75, 3.05) is 5.88 Å². The lowest BCUT2D eigenvalue weighted by atomic mass is 10.1. The monoisotopic (exact) mass is 435 g/mol. The molecule has 5 nitrogen and oxygen atoms in total. The number of allylic oxidation sites excluding steroid dienone is 6. The normalized spacial score (nSPS) is 10.8. The number of nitrogens with zero attached hydrogens (tertiary/aromatic N) is 4. The van der Waals surface area contributed by atoms with Crippen molar-refractivity contribution in [3.63, 3.8) is 0 Å². The number of alkyl halides is 1. The van der Waals surface area contributed by atoms with E-state index in [1.807, 2.05) is 30.7 Å². The van der Waals surface area contributed by atoms with E-state index in [1.54, 1.807) is 12.4 Å². The molecule has 2 N–H and O–H groups in total. The van der Waals surface area contributed by atoms with Crippen molar-refractivity contribution in [2.24, 2.45) is 5.73 Å². The van der Waals surface area contributed by atoms with Gasteiger partial charge >= 0.3 is 0 Å². The first-order chi connectivity index (χ1) is 13.9. The summed E-state index contributed by atoms with van der Waals surface area (Å²) in [6.07, 6.45) is 12.8. The molecule has 0 fully saturated rings.